The van der Waals surface area contributed by atoms with Crippen LogP contribution >= 0.6 is 15.9 Å². The minimum atomic E-state index is -0.619. The molecule has 0 aliphatic carbocycles. The van der Waals surface area contributed by atoms with Gasteiger partial charge in [-0.25, -0.2) is 4.79 Å². The Bertz CT molecular complexity index is 451. The fourth-order valence-corrected chi connectivity index (χ4v) is 1.69. The highest BCUT2D eigenvalue weighted by Gasteiger charge is 2.10. The van der Waals surface area contributed by atoms with Crippen molar-refractivity contribution in [2.45, 2.75) is 0 Å². The van der Waals surface area contributed by atoms with E-state index < -0.39 is 6.03 Å². The van der Waals surface area contributed by atoms with Gasteiger partial charge in [-0.3, -0.25) is 4.79 Å². The maximum absolute atomic E-state index is 11.8. The van der Waals surface area contributed by atoms with E-state index in [0.717, 1.165) is 0 Å². The van der Waals surface area contributed by atoms with Crippen molar-refractivity contribution in [2.24, 2.45) is 5.73 Å². The quantitative estimate of drug-likeness (QED) is 0.703. The molecule has 18 heavy (non-hydrogen) atoms. The van der Waals surface area contributed by atoms with Gasteiger partial charge in [-0.1, -0.05) is 0 Å². The lowest BCUT2D eigenvalue weighted by Gasteiger charge is -2.08. The SMILES string of the molecule is COc1ccc(Br)c(C(=O)NCCNC(N)=O)c1. The van der Waals surface area contributed by atoms with Crippen molar-refractivity contribution in [1.29, 1.82) is 0 Å². The van der Waals surface area contributed by atoms with Crippen molar-refractivity contribution >= 4 is 27.9 Å². The van der Waals surface area contributed by atoms with Crippen LogP contribution in [0.15, 0.2) is 22.7 Å². The number of amides is 3. The third-order valence-corrected chi connectivity index (χ3v) is 2.82. The van der Waals surface area contributed by atoms with Crippen molar-refractivity contribution in [2.75, 3.05) is 20.2 Å². The van der Waals surface area contributed by atoms with E-state index in [2.05, 4.69) is 26.6 Å². The van der Waals surface area contributed by atoms with E-state index in [1.54, 1.807) is 18.2 Å². The summed E-state index contributed by atoms with van der Waals surface area (Å²) >= 11 is 3.29. The Hall–Kier alpha value is -1.76. The van der Waals surface area contributed by atoms with Gasteiger partial charge >= 0.3 is 6.03 Å². The molecule has 3 amide bonds. The molecule has 98 valence electrons. The summed E-state index contributed by atoms with van der Waals surface area (Å²) < 4.78 is 5.71. The smallest absolute Gasteiger partial charge is 0.312 e. The standard InChI is InChI=1S/C11H14BrN3O3/c1-18-7-2-3-9(12)8(6-7)10(16)14-4-5-15-11(13)17/h2-3,6H,4-5H2,1H3,(H,14,16)(H3,13,15,17). The van der Waals surface area contributed by atoms with E-state index in [9.17, 15) is 9.59 Å². The zero-order valence-electron chi connectivity index (χ0n) is 9.83. The lowest BCUT2D eigenvalue weighted by atomic mass is 10.2. The Morgan fingerprint density at radius 1 is 1.33 bits per heavy atom. The van der Waals surface area contributed by atoms with E-state index in [0.29, 0.717) is 22.3 Å². The molecule has 0 saturated heterocycles. The number of methoxy groups -OCH3 is 1. The van der Waals surface area contributed by atoms with Gasteiger partial charge in [0.05, 0.1) is 12.7 Å². The summed E-state index contributed by atoms with van der Waals surface area (Å²) in [6.45, 7) is 0.577. The first kappa shape index (κ1) is 14.3. The number of primary amides is 1. The first-order chi connectivity index (χ1) is 8.54. The highest BCUT2D eigenvalue weighted by Crippen LogP contribution is 2.22. The van der Waals surface area contributed by atoms with E-state index in [1.807, 2.05) is 0 Å². The van der Waals surface area contributed by atoms with E-state index in [1.165, 1.54) is 7.11 Å². The molecule has 1 aromatic rings. The summed E-state index contributed by atoms with van der Waals surface area (Å²) in [5.41, 5.74) is 5.36. The zero-order valence-corrected chi connectivity index (χ0v) is 11.4. The van der Waals surface area contributed by atoms with Gasteiger partial charge < -0.3 is 21.1 Å². The lowest BCUT2D eigenvalue weighted by Crippen LogP contribution is -2.37. The van der Waals surface area contributed by atoms with E-state index in [4.69, 9.17) is 10.5 Å². The molecule has 6 nitrogen and oxygen atoms in total. The summed E-state index contributed by atoms with van der Waals surface area (Å²) in [5, 5.41) is 5.03. The highest BCUT2D eigenvalue weighted by molar-refractivity contribution is 9.10. The van der Waals surface area contributed by atoms with Gasteiger partial charge in [-0.15, -0.1) is 0 Å². The average Bonchev–Trinajstić information content (AvgIpc) is 2.34. The van der Waals surface area contributed by atoms with Gasteiger partial charge in [-0.2, -0.15) is 0 Å². The maximum atomic E-state index is 11.8. The number of urea groups is 1. The first-order valence-electron chi connectivity index (χ1n) is 5.19. The van der Waals surface area contributed by atoms with Crippen LogP contribution in [0.1, 0.15) is 10.4 Å². The highest BCUT2D eigenvalue weighted by atomic mass is 79.9. The van der Waals surface area contributed by atoms with Crippen LogP contribution in [0, 0.1) is 0 Å². The normalized spacial score (nSPS) is 9.67. The minimum Gasteiger partial charge on any atom is -0.497 e. The predicted octanol–water partition coefficient (Wildman–Crippen LogP) is 0.856. The lowest BCUT2D eigenvalue weighted by molar-refractivity contribution is 0.0952. The molecule has 0 unspecified atom stereocenters. The van der Waals surface area contributed by atoms with Gasteiger partial charge in [0.15, 0.2) is 0 Å². The topological polar surface area (TPSA) is 93.4 Å². The summed E-state index contributed by atoms with van der Waals surface area (Å²) in [7, 11) is 1.53. The number of hydrogen-bond acceptors (Lipinski definition) is 3. The molecule has 0 spiro atoms. The van der Waals surface area contributed by atoms with Crippen molar-refractivity contribution in [3.63, 3.8) is 0 Å². The fraction of sp³-hybridized carbons (Fsp3) is 0.273. The number of benzene rings is 1. The molecule has 0 heterocycles. The maximum Gasteiger partial charge on any atom is 0.312 e. The molecule has 0 saturated carbocycles. The van der Waals surface area contributed by atoms with Gasteiger partial charge in [0.1, 0.15) is 5.75 Å². The summed E-state index contributed by atoms with van der Waals surface area (Å²) in [4.78, 5) is 22.3. The zero-order chi connectivity index (χ0) is 13.5. The minimum absolute atomic E-state index is 0.257. The number of rotatable bonds is 5. The van der Waals surface area contributed by atoms with Crippen molar-refractivity contribution in [1.82, 2.24) is 10.6 Å². The molecule has 0 aliphatic heterocycles. The second-order valence-corrected chi connectivity index (χ2v) is 4.25. The van der Waals surface area contributed by atoms with Crippen molar-refractivity contribution in [3.05, 3.63) is 28.2 Å². The summed E-state index contributed by atoms with van der Waals surface area (Å²) in [6, 6.07) is 4.48. The van der Waals surface area contributed by atoms with Crippen LogP contribution < -0.4 is 21.1 Å². The molecule has 0 aromatic heterocycles. The van der Waals surface area contributed by atoms with Crippen LogP contribution in [0.2, 0.25) is 0 Å². The largest absolute Gasteiger partial charge is 0.497 e. The van der Waals surface area contributed by atoms with Crippen LogP contribution in [0.3, 0.4) is 0 Å². The number of carbonyl (C=O) groups excluding carboxylic acids is 2. The summed E-state index contributed by atoms with van der Waals surface area (Å²) in [6.07, 6.45) is 0. The molecule has 0 bridgehead atoms. The van der Waals surface area contributed by atoms with E-state index >= 15 is 0 Å². The Morgan fingerprint density at radius 2 is 2.00 bits per heavy atom. The van der Waals surface area contributed by atoms with Gasteiger partial charge in [0.2, 0.25) is 0 Å². The van der Waals surface area contributed by atoms with Crippen LogP contribution in [0.4, 0.5) is 4.79 Å². The molecule has 4 N–H and O–H groups in total. The third kappa shape index (κ3) is 4.25. The van der Waals surface area contributed by atoms with Gasteiger partial charge in [0.25, 0.3) is 5.91 Å². The number of halogens is 1. The summed E-state index contributed by atoms with van der Waals surface area (Å²) in [5.74, 6) is 0.339. The van der Waals surface area contributed by atoms with E-state index in [-0.39, 0.29) is 12.5 Å². The Balaban J connectivity index is 2.58. The second kappa shape index (κ2) is 6.85. The second-order valence-electron chi connectivity index (χ2n) is 3.39. The number of carbonyl (C=O) groups is 2. The molecular weight excluding hydrogens is 302 g/mol. The Labute approximate surface area is 113 Å². The van der Waals surface area contributed by atoms with Gasteiger partial charge in [0, 0.05) is 17.6 Å². The van der Waals surface area contributed by atoms with Crippen LogP contribution in [0.25, 0.3) is 0 Å². The first-order valence-corrected chi connectivity index (χ1v) is 5.99. The van der Waals surface area contributed by atoms with Crippen LogP contribution in [-0.2, 0) is 0 Å². The van der Waals surface area contributed by atoms with Crippen LogP contribution in [0.5, 0.6) is 5.75 Å². The predicted molar refractivity (Wildman–Crippen MR) is 70.6 cm³/mol. The van der Waals surface area contributed by atoms with Crippen molar-refractivity contribution < 1.29 is 14.3 Å². The van der Waals surface area contributed by atoms with Gasteiger partial charge in [-0.05, 0) is 34.1 Å². The molecular formula is C11H14BrN3O3. The number of nitrogens with two attached hydrogens (primary N) is 1. The molecule has 0 atom stereocenters. The Morgan fingerprint density at radius 3 is 2.61 bits per heavy atom. The fourth-order valence-electron chi connectivity index (χ4n) is 1.26. The molecule has 7 heteroatoms. The number of ether oxygens (including phenoxy) is 1. The van der Waals surface area contributed by atoms with Crippen LogP contribution in [-0.4, -0.2) is 32.1 Å². The molecule has 0 radical (unpaired) electrons. The molecule has 0 aliphatic rings. The Kier molecular flexibility index (Phi) is 5.44. The number of hydrogen-bond donors (Lipinski definition) is 3. The monoisotopic (exact) mass is 315 g/mol. The molecule has 1 rings (SSSR count). The number of nitrogens with one attached hydrogen (secondary N) is 2. The average molecular weight is 316 g/mol. The molecule has 0 fully saturated rings. The third-order valence-electron chi connectivity index (χ3n) is 2.13. The molecule has 1 aromatic carbocycles. The van der Waals surface area contributed by atoms with Crippen molar-refractivity contribution in [3.8, 4) is 5.75 Å².